The Morgan fingerprint density at radius 3 is 1.94 bits per heavy atom. The van der Waals surface area contributed by atoms with Crippen molar-refractivity contribution in [3.8, 4) is 0 Å². The van der Waals surface area contributed by atoms with Gasteiger partial charge in [-0.1, -0.05) is 44.2 Å². The summed E-state index contributed by atoms with van der Waals surface area (Å²) in [5, 5.41) is 0. The summed E-state index contributed by atoms with van der Waals surface area (Å²) in [6.45, 7) is 10.4. The molecule has 0 saturated carbocycles. The molecule has 0 N–H and O–H groups in total. The molecule has 2 unspecified atom stereocenters. The summed E-state index contributed by atoms with van der Waals surface area (Å²) >= 11 is 0. The van der Waals surface area contributed by atoms with Gasteiger partial charge in [0.15, 0.2) is 23.7 Å². The highest BCUT2D eigenvalue weighted by molar-refractivity contribution is 5.45. The Morgan fingerprint density at radius 2 is 1.39 bits per heavy atom. The number of benzene rings is 1. The third-order valence-corrected chi connectivity index (χ3v) is 6.10. The highest BCUT2D eigenvalue weighted by Gasteiger charge is 2.70. The first-order chi connectivity index (χ1) is 14.6. The fraction of sp³-hybridized carbons (Fsp3) is 0.522. The molecule has 1 aromatic heterocycles. The van der Waals surface area contributed by atoms with Gasteiger partial charge < -0.3 is 9.47 Å². The molecular formula is C23H30ClNO6. The zero-order valence-corrected chi connectivity index (χ0v) is 19.1. The van der Waals surface area contributed by atoms with Crippen molar-refractivity contribution in [3.63, 3.8) is 0 Å². The van der Waals surface area contributed by atoms with Crippen molar-refractivity contribution in [2.75, 3.05) is 13.2 Å². The minimum atomic E-state index is -4.94. The Bertz CT molecular complexity index is 836. The van der Waals surface area contributed by atoms with Crippen LogP contribution in [0, 0.1) is 15.7 Å². The van der Waals surface area contributed by atoms with E-state index in [4.69, 9.17) is 28.1 Å². The van der Waals surface area contributed by atoms with Crippen LogP contribution in [0.3, 0.4) is 0 Å². The van der Waals surface area contributed by atoms with Gasteiger partial charge in [0, 0.05) is 30.9 Å². The molecule has 1 aromatic carbocycles. The van der Waals surface area contributed by atoms with Gasteiger partial charge >= 0.3 is 0 Å². The molecule has 3 aliphatic rings. The van der Waals surface area contributed by atoms with E-state index in [1.165, 1.54) is 16.8 Å². The van der Waals surface area contributed by atoms with E-state index < -0.39 is 16.0 Å². The molecule has 7 nitrogen and oxygen atoms in total. The predicted octanol–water partition coefficient (Wildman–Crippen LogP) is -0.158. The molecule has 0 amide bonds. The van der Waals surface area contributed by atoms with Crippen molar-refractivity contribution in [1.82, 2.24) is 0 Å². The van der Waals surface area contributed by atoms with E-state index in [1.54, 1.807) is 0 Å². The van der Waals surface area contributed by atoms with E-state index in [0.29, 0.717) is 13.2 Å². The van der Waals surface area contributed by atoms with Crippen molar-refractivity contribution >= 4 is 0 Å². The molecule has 2 atom stereocenters. The maximum Gasteiger partial charge on any atom is 0.196 e. The Hall–Kier alpha value is -1.58. The number of rotatable bonds is 6. The van der Waals surface area contributed by atoms with Gasteiger partial charge in [-0.3, -0.25) is 0 Å². The van der Waals surface area contributed by atoms with Crippen molar-refractivity contribution in [2.24, 2.45) is 5.41 Å². The molecule has 0 saturated heterocycles. The maximum absolute atomic E-state index is 8.49. The van der Waals surface area contributed by atoms with Gasteiger partial charge in [-0.25, -0.2) is 18.6 Å². The van der Waals surface area contributed by atoms with E-state index in [-0.39, 0.29) is 17.4 Å². The fourth-order valence-electron chi connectivity index (χ4n) is 5.07. The highest BCUT2D eigenvalue weighted by atomic mass is 35.7. The topological polar surface area (TPSA) is 115 Å². The number of pyridine rings is 1. The summed E-state index contributed by atoms with van der Waals surface area (Å²) in [5.74, 6) is -0.558. The second-order valence-corrected chi connectivity index (χ2v) is 9.22. The first kappa shape index (κ1) is 24.1. The smallest absolute Gasteiger partial charge is 0.196 e. The van der Waals surface area contributed by atoms with Crippen molar-refractivity contribution in [3.05, 3.63) is 65.5 Å². The molecule has 0 spiro atoms. The van der Waals surface area contributed by atoms with Crippen molar-refractivity contribution in [1.29, 1.82) is 0 Å². The number of hydrogen-bond donors (Lipinski definition) is 0. The molecule has 170 valence electrons. The lowest BCUT2D eigenvalue weighted by Gasteiger charge is -2.57. The van der Waals surface area contributed by atoms with Crippen LogP contribution in [0.25, 0.3) is 0 Å². The third-order valence-electron chi connectivity index (χ3n) is 6.10. The van der Waals surface area contributed by atoms with Crippen LogP contribution in [0.5, 0.6) is 0 Å². The summed E-state index contributed by atoms with van der Waals surface area (Å²) in [6.07, 6.45) is 4.19. The van der Waals surface area contributed by atoms with E-state index >= 15 is 0 Å². The van der Waals surface area contributed by atoms with Crippen LogP contribution in [-0.2, 0) is 9.47 Å². The van der Waals surface area contributed by atoms with Crippen LogP contribution in [0.2, 0.25) is 0 Å². The van der Waals surface area contributed by atoms with Gasteiger partial charge in [0.25, 0.3) is 0 Å². The summed E-state index contributed by atoms with van der Waals surface area (Å²) < 4.78 is 49.7. The van der Waals surface area contributed by atoms with Crippen molar-refractivity contribution < 1.29 is 42.9 Å². The Morgan fingerprint density at radius 1 is 0.871 bits per heavy atom. The summed E-state index contributed by atoms with van der Waals surface area (Å²) in [5.41, 5.74) is 3.87. The molecule has 1 aliphatic carbocycles. The Balaban J connectivity index is 0.000000491. The van der Waals surface area contributed by atoms with Crippen LogP contribution in [0.15, 0.2) is 48.7 Å². The molecule has 0 radical (unpaired) electrons. The largest absolute Gasteiger partial charge is 0.348 e. The number of ether oxygens (including phenoxy) is 2. The van der Waals surface area contributed by atoms with Crippen LogP contribution in [0.1, 0.15) is 69.3 Å². The first-order valence-corrected chi connectivity index (χ1v) is 11.8. The Labute approximate surface area is 185 Å². The molecule has 8 heteroatoms. The average molecular weight is 452 g/mol. The molecule has 5 rings (SSSR count). The number of nitrogens with zero attached hydrogens (tertiary/aromatic N) is 1. The zero-order chi connectivity index (χ0) is 22.9. The monoisotopic (exact) mass is 451 g/mol. The van der Waals surface area contributed by atoms with Gasteiger partial charge in [-0.05, 0) is 32.3 Å². The maximum atomic E-state index is 8.49. The molecule has 2 bridgehead atoms. The number of halogens is 1. The second kappa shape index (κ2) is 9.11. The molecule has 3 heterocycles. The highest BCUT2D eigenvalue weighted by Crippen LogP contribution is 2.61. The Kier molecular flexibility index (Phi) is 7.08. The normalized spacial score (nSPS) is 22.2. The summed E-state index contributed by atoms with van der Waals surface area (Å²) in [4.78, 5) is 0. The molecule has 2 aliphatic heterocycles. The number of hydrogen-bond acceptors (Lipinski definition) is 6. The van der Waals surface area contributed by atoms with E-state index in [0.717, 1.165) is 12.8 Å². The fourth-order valence-corrected chi connectivity index (χ4v) is 5.07. The third kappa shape index (κ3) is 4.36. The number of fused-ring (bicyclic) bond motifs is 1. The quantitative estimate of drug-likeness (QED) is 0.445. The zero-order valence-electron chi connectivity index (χ0n) is 18.4. The van der Waals surface area contributed by atoms with Gasteiger partial charge in [-0.2, -0.15) is 4.57 Å². The van der Waals surface area contributed by atoms with E-state index in [1.807, 2.05) is 0 Å². The lowest BCUT2D eigenvalue weighted by molar-refractivity contribution is -2.00. The van der Waals surface area contributed by atoms with Gasteiger partial charge in [0.05, 0.1) is 5.41 Å². The summed E-state index contributed by atoms with van der Waals surface area (Å²) in [6, 6.07) is 15.5. The average Bonchev–Trinajstić information content (AvgIpc) is 2.70. The van der Waals surface area contributed by atoms with Crippen LogP contribution in [0.4, 0.5) is 0 Å². The minimum Gasteiger partial charge on any atom is -0.348 e. The van der Waals surface area contributed by atoms with Gasteiger partial charge in [0.2, 0.25) is 0 Å². The number of aromatic nitrogens is 1. The van der Waals surface area contributed by atoms with Crippen LogP contribution >= 0.6 is 0 Å². The molecule has 2 aromatic rings. The second-order valence-electron chi connectivity index (χ2n) is 8.46. The predicted molar refractivity (Wildman–Crippen MR) is 102 cm³/mol. The SMILES string of the molecule is CCCOC1(OCCC)C2c3ccccc3C([n+]3ccccc32)C1(C)C.[O-][Cl+3]([O-])([O-])[O-]. The lowest BCUT2D eigenvalue weighted by atomic mass is 9.57. The van der Waals surface area contributed by atoms with Crippen LogP contribution in [-0.4, -0.2) is 19.0 Å². The lowest BCUT2D eigenvalue weighted by Crippen LogP contribution is -2.71. The van der Waals surface area contributed by atoms with E-state index in [2.05, 4.69) is 80.9 Å². The standard InChI is InChI=1S/C23H30NO2.ClHO4/c1-5-15-25-23(26-16-6-2)20-17-11-7-8-12-18(17)21(22(23,3)4)24-14-10-9-13-19(20)24;2-1(3,4)5/h7-14,20-21H,5-6,15-16H2,1-4H3;(H,2,3,4,5)/q+1;/p-1. The molecular weight excluding hydrogens is 422 g/mol. The summed E-state index contributed by atoms with van der Waals surface area (Å²) in [7, 11) is -4.94. The molecule has 0 fully saturated rings. The van der Waals surface area contributed by atoms with Crippen molar-refractivity contribution in [2.45, 2.75) is 58.3 Å². The minimum absolute atomic E-state index is 0.0815. The molecule has 31 heavy (non-hydrogen) atoms. The van der Waals surface area contributed by atoms with Gasteiger partial charge in [-0.15, -0.1) is 10.2 Å². The first-order valence-electron chi connectivity index (χ1n) is 10.6. The van der Waals surface area contributed by atoms with Crippen LogP contribution < -0.4 is 23.2 Å². The van der Waals surface area contributed by atoms with E-state index in [9.17, 15) is 0 Å². The van der Waals surface area contributed by atoms with Gasteiger partial charge in [0.1, 0.15) is 5.92 Å².